The number of rotatable bonds is 4. The van der Waals surface area contributed by atoms with Crippen molar-refractivity contribution in [2.45, 2.75) is 63.2 Å². The lowest BCUT2D eigenvalue weighted by molar-refractivity contribution is 0.260. The number of anilines is 1. The predicted octanol–water partition coefficient (Wildman–Crippen LogP) is 4.55. The van der Waals surface area contributed by atoms with Crippen LogP contribution in [0.25, 0.3) is 0 Å². The Bertz CT molecular complexity index is 1000. The molecule has 0 saturated carbocycles. The van der Waals surface area contributed by atoms with Crippen molar-refractivity contribution in [1.29, 1.82) is 0 Å². The molecule has 0 spiro atoms. The summed E-state index contributed by atoms with van der Waals surface area (Å²) in [5, 5.41) is 8.88. The Hall–Kier alpha value is -2.18. The molecule has 148 valence electrons. The highest BCUT2D eigenvalue weighted by atomic mass is 32.2. The molecule has 2 aliphatic carbocycles. The van der Waals surface area contributed by atoms with E-state index in [4.69, 9.17) is 5.14 Å². The number of benzene rings is 2. The predicted molar refractivity (Wildman–Crippen MR) is 113 cm³/mol. The van der Waals surface area contributed by atoms with Crippen molar-refractivity contribution < 1.29 is 9.00 Å². The van der Waals surface area contributed by atoms with E-state index in [0.717, 1.165) is 62.6 Å². The van der Waals surface area contributed by atoms with Crippen molar-refractivity contribution in [3.05, 3.63) is 58.1 Å². The van der Waals surface area contributed by atoms with Gasteiger partial charge in [-0.15, -0.1) is 4.36 Å². The van der Waals surface area contributed by atoms with Gasteiger partial charge in [-0.25, -0.2) is 14.1 Å². The SMILES string of the molecule is CCCc1ccc(S(N)(=O)=NC(=O)Nc2c3c(cc4c2CCC4)CCC3)cc1. The Morgan fingerprint density at radius 3 is 2.25 bits per heavy atom. The Balaban J connectivity index is 1.62. The highest BCUT2D eigenvalue weighted by molar-refractivity contribution is 7.91. The Labute approximate surface area is 167 Å². The third-order valence-electron chi connectivity index (χ3n) is 5.72. The number of hydrogen-bond acceptors (Lipinski definition) is 2. The van der Waals surface area contributed by atoms with Gasteiger partial charge in [0.1, 0.15) is 9.92 Å². The van der Waals surface area contributed by atoms with E-state index in [9.17, 15) is 9.00 Å². The molecule has 0 aromatic heterocycles. The summed E-state index contributed by atoms with van der Waals surface area (Å²) < 4.78 is 16.7. The van der Waals surface area contributed by atoms with E-state index in [0.29, 0.717) is 4.90 Å². The maximum atomic E-state index is 12.9. The molecule has 0 radical (unpaired) electrons. The van der Waals surface area contributed by atoms with Crippen LogP contribution in [0.3, 0.4) is 0 Å². The molecule has 4 rings (SSSR count). The van der Waals surface area contributed by atoms with Crippen molar-refractivity contribution in [1.82, 2.24) is 0 Å². The average molecular weight is 398 g/mol. The fraction of sp³-hybridized carbons (Fsp3) is 0.409. The number of hydrogen-bond donors (Lipinski definition) is 2. The fourth-order valence-corrected chi connectivity index (χ4v) is 5.34. The lowest BCUT2D eigenvalue weighted by Gasteiger charge is -2.15. The molecule has 0 aliphatic heterocycles. The number of fused-ring (bicyclic) bond motifs is 2. The minimum atomic E-state index is -3.28. The highest BCUT2D eigenvalue weighted by Gasteiger charge is 2.25. The van der Waals surface area contributed by atoms with Gasteiger partial charge in [-0.2, -0.15) is 0 Å². The van der Waals surface area contributed by atoms with Crippen LogP contribution in [0.1, 0.15) is 54.0 Å². The van der Waals surface area contributed by atoms with Gasteiger partial charge in [0.15, 0.2) is 0 Å². The molecule has 1 atom stereocenters. The lowest BCUT2D eigenvalue weighted by Crippen LogP contribution is -2.19. The first-order valence-corrected chi connectivity index (χ1v) is 11.7. The number of aryl methyl sites for hydroxylation is 3. The van der Waals surface area contributed by atoms with Crippen molar-refractivity contribution >= 4 is 21.6 Å². The largest absolute Gasteiger partial charge is 0.354 e. The molecular weight excluding hydrogens is 370 g/mol. The lowest BCUT2D eigenvalue weighted by atomic mass is 9.99. The van der Waals surface area contributed by atoms with Crippen LogP contribution in [-0.4, -0.2) is 10.2 Å². The number of nitrogens with one attached hydrogen (secondary N) is 1. The summed E-state index contributed by atoms with van der Waals surface area (Å²) in [6.07, 6.45) is 8.25. The molecule has 2 aromatic rings. The number of carbonyl (C=O) groups excluding carboxylic acids is 1. The van der Waals surface area contributed by atoms with Gasteiger partial charge in [0.25, 0.3) is 0 Å². The molecule has 0 saturated heterocycles. The smallest absolute Gasteiger partial charge is 0.305 e. The van der Waals surface area contributed by atoms with E-state index in [1.807, 2.05) is 12.1 Å². The summed E-state index contributed by atoms with van der Waals surface area (Å²) in [7, 11) is -3.28. The molecule has 1 unspecified atom stereocenters. The van der Waals surface area contributed by atoms with Crippen molar-refractivity contribution in [2.75, 3.05) is 5.32 Å². The molecule has 3 N–H and O–H groups in total. The quantitative estimate of drug-likeness (QED) is 0.793. The zero-order valence-corrected chi connectivity index (χ0v) is 17.1. The van der Waals surface area contributed by atoms with Gasteiger partial charge in [0.05, 0.1) is 4.90 Å². The molecule has 5 nitrogen and oxygen atoms in total. The third-order valence-corrected chi connectivity index (χ3v) is 7.11. The molecule has 0 bridgehead atoms. The first kappa shape index (κ1) is 19.2. The number of nitrogens with zero attached hydrogens (tertiary/aromatic N) is 1. The highest BCUT2D eigenvalue weighted by Crippen LogP contribution is 2.38. The Morgan fingerprint density at radius 1 is 1.07 bits per heavy atom. The average Bonchev–Trinajstić information content (AvgIpc) is 3.31. The zero-order chi connectivity index (χ0) is 19.7. The summed E-state index contributed by atoms with van der Waals surface area (Å²) in [5.74, 6) is 0. The van der Waals surface area contributed by atoms with Crippen LogP contribution in [0.2, 0.25) is 0 Å². The van der Waals surface area contributed by atoms with Crippen LogP contribution in [0.5, 0.6) is 0 Å². The van der Waals surface area contributed by atoms with Gasteiger partial charge >= 0.3 is 6.03 Å². The Morgan fingerprint density at radius 2 is 1.68 bits per heavy atom. The van der Waals surface area contributed by atoms with Crippen LogP contribution in [0, 0.1) is 0 Å². The van der Waals surface area contributed by atoms with Crippen LogP contribution in [-0.2, 0) is 42.0 Å². The first-order chi connectivity index (χ1) is 13.5. The minimum Gasteiger partial charge on any atom is -0.305 e. The van der Waals surface area contributed by atoms with Crippen LogP contribution >= 0.6 is 0 Å². The van der Waals surface area contributed by atoms with E-state index in [1.165, 1.54) is 22.3 Å². The number of carbonyl (C=O) groups is 1. The molecule has 6 heteroatoms. The van der Waals surface area contributed by atoms with Gasteiger partial charge in [0.2, 0.25) is 0 Å². The maximum Gasteiger partial charge on any atom is 0.354 e. The van der Waals surface area contributed by atoms with E-state index in [1.54, 1.807) is 12.1 Å². The molecule has 2 aromatic carbocycles. The second kappa shape index (κ2) is 7.68. The summed E-state index contributed by atoms with van der Waals surface area (Å²) in [6, 6.07) is 8.90. The van der Waals surface area contributed by atoms with E-state index >= 15 is 0 Å². The van der Waals surface area contributed by atoms with Gasteiger partial charge in [0, 0.05) is 5.69 Å². The molecule has 28 heavy (non-hydrogen) atoms. The summed E-state index contributed by atoms with van der Waals surface area (Å²) >= 11 is 0. The summed E-state index contributed by atoms with van der Waals surface area (Å²) in [5.41, 5.74) is 7.14. The molecule has 0 fully saturated rings. The zero-order valence-electron chi connectivity index (χ0n) is 16.3. The third kappa shape index (κ3) is 3.71. The van der Waals surface area contributed by atoms with Crippen molar-refractivity contribution in [3.8, 4) is 0 Å². The standard InChI is InChI=1S/C22H27N3O2S/c1-2-5-15-10-12-18(13-11-15)28(23,27)25-22(26)24-21-19-8-3-6-16(19)14-17-7-4-9-20(17)21/h10-14H,2-9H2,1H3,(H3,23,24,25,26,27). The normalized spacial score (nSPS) is 16.9. The first-order valence-electron chi connectivity index (χ1n) is 10.1. The van der Waals surface area contributed by atoms with Gasteiger partial charge in [-0.05, 0) is 84.9 Å². The van der Waals surface area contributed by atoms with E-state index in [-0.39, 0.29) is 0 Å². The number of nitrogens with two attached hydrogens (primary N) is 1. The van der Waals surface area contributed by atoms with Crippen molar-refractivity contribution in [3.63, 3.8) is 0 Å². The molecule has 2 aliphatic rings. The Kier molecular flexibility index (Phi) is 5.25. The van der Waals surface area contributed by atoms with E-state index < -0.39 is 15.9 Å². The number of amides is 2. The molecular formula is C22H27N3O2S. The van der Waals surface area contributed by atoms with Gasteiger partial charge in [-0.1, -0.05) is 31.5 Å². The van der Waals surface area contributed by atoms with Gasteiger partial charge < -0.3 is 5.32 Å². The monoisotopic (exact) mass is 397 g/mol. The minimum absolute atomic E-state index is 0.381. The van der Waals surface area contributed by atoms with Crippen LogP contribution < -0.4 is 10.5 Å². The van der Waals surface area contributed by atoms with Crippen molar-refractivity contribution in [2.24, 2.45) is 9.50 Å². The fourth-order valence-electron chi connectivity index (χ4n) is 4.41. The second-order valence-electron chi connectivity index (χ2n) is 7.72. The van der Waals surface area contributed by atoms with Gasteiger partial charge in [-0.3, -0.25) is 0 Å². The van der Waals surface area contributed by atoms with Crippen LogP contribution in [0.4, 0.5) is 10.5 Å². The summed E-state index contributed by atoms with van der Waals surface area (Å²) in [4.78, 5) is 13.0. The number of urea groups is 1. The second-order valence-corrected chi connectivity index (χ2v) is 9.51. The molecule has 2 amide bonds. The van der Waals surface area contributed by atoms with E-state index in [2.05, 4.69) is 22.7 Å². The maximum absolute atomic E-state index is 12.9. The molecule has 0 heterocycles. The van der Waals surface area contributed by atoms with Crippen LogP contribution in [0.15, 0.2) is 39.6 Å². The summed E-state index contributed by atoms with van der Waals surface area (Å²) in [6.45, 7) is 2.11. The topological polar surface area (TPSA) is 84.6 Å².